The van der Waals surface area contributed by atoms with E-state index in [4.69, 9.17) is 16.3 Å². The van der Waals surface area contributed by atoms with Gasteiger partial charge in [0.1, 0.15) is 0 Å². The lowest BCUT2D eigenvalue weighted by Crippen LogP contribution is -2.50. The number of ether oxygens (including phenoxy) is 1. The number of halogens is 1. The molecule has 0 bridgehead atoms. The van der Waals surface area contributed by atoms with Crippen LogP contribution in [0.3, 0.4) is 0 Å². The number of hydrogen-bond acceptors (Lipinski definition) is 3. The fourth-order valence-electron chi connectivity index (χ4n) is 2.67. The van der Waals surface area contributed by atoms with Crippen molar-refractivity contribution in [1.29, 1.82) is 0 Å². The molecule has 0 aromatic heterocycles. The average molecular weight is 311 g/mol. The Balaban J connectivity index is 2.22. The van der Waals surface area contributed by atoms with E-state index in [0.29, 0.717) is 37.6 Å². The third-order valence-electron chi connectivity index (χ3n) is 4.22. The van der Waals surface area contributed by atoms with Crippen LogP contribution >= 0.6 is 11.6 Å². The Bertz CT molecular complexity index is 487. The molecule has 1 heterocycles. The van der Waals surface area contributed by atoms with Crippen LogP contribution in [0, 0.1) is 0 Å². The lowest BCUT2D eigenvalue weighted by Gasteiger charge is -2.36. The quantitative estimate of drug-likeness (QED) is 0.876. The van der Waals surface area contributed by atoms with Gasteiger partial charge in [-0.25, -0.2) is 0 Å². The van der Waals surface area contributed by atoms with Gasteiger partial charge in [-0.2, -0.15) is 0 Å². The molecule has 21 heavy (non-hydrogen) atoms. The lowest BCUT2D eigenvalue weighted by molar-refractivity contribution is -0.130. The van der Waals surface area contributed by atoms with Gasteiger partial charge >= 0.3 is 0 Å². The maximum absolute atomic E-state index is 12.8. The average Bonchev–Trinajstić information content (AvgIpc) is 2.52. The number of carbonyl (C=O) groups excluding carboxylic acids is 1. The standard InChI is InChI=1S/C16H23ClN2O2/c1-12(18-2)11-19-15(20)16(6-8-21-9-7-16)13-4-3-5-14(17)10-13/h3-5,10,12,18H,6-9,11H2,1-2H3,(H,19,20). The van der Waals surface area contributed by atoms with Crippen LogP contribution in [0.15, 0.2) is 24.3 Å². The molecule has 1 aliphatic rings. The van der Waals surface area contributed by atoms with Crippen LogP contribution in [0.5, 0.6) is 0 Å². The molecule has 1 atom stereocenters. The number of carbonyl (C=O) groups is 1. The topological polar surface area (TPSA) is 50.4 Å². The highest BCUT2D eigenvalue weighted by Gasteiger charge is 2.41. The van der Waals surface area contributed by atoms with Gasteiger partial charge < -0.3 is 15.4 Å². The monoisotopic (exact) mass is 310 g/mol. The van der Waals surface area contributed by atoms with E-state index in [1.165, 1.54) is 0 Å². The fraction of sp³-hybridized carbons (Fsp3) is 0.562. The van der Waals surface area contributed by atoms with Crippen LogP contribution in [0.2, 0.25) is 5.02 Å². The summed E-state index contributed by atoms with van der Waals surface area (Å²) in [4.78, 5) is 12.8. The summed E-state index contributed by atoms with van der Waals surface area (Å²) in [6.07, 6.45) is 1.38. The molecule has 0 radical (unpaired) electrons. The van der Waals surface area contributed by atoms with Crippen molar-refractivity contribution in [3.05, 3.63) is 34.9 Å². The maximum atomic E-state index is 12.8. The van der Waals surface area contributed by atoms with Crippen LogP contribution < -0.4 is 10.6 Å². The van der Waals surface area contributed by atoms with E-state index in [-0.39, 0.29) is 11.9 Å². The first kappa shape index (κ1) is 16.3. The fourth-order valence-corrected chi connectivity index (χ4v) is 2.86. The Hall–Kier alpha value is -1.10. The molecular weight excluding hydrogens is 288 g/mol. The highest BCUT2D eigenvalue weighted by atomic mass is 35.5. The molecule has 1 amide bonds. The second-order valence-corrected chi connectivity index (χ2v) is 6.04. The zero-order chi connectivity index (χ0) is 15.3. The van der Waals surface area contributed by atoms with Gasteiger partial charge in [-0.15, -0.1) is 0 Å². The van der Waals surface area contributed by atoms with Crippen LogP contribution in [0.4, 0.5) is 0 Å². The first-order chi connectivity index (χ1) is 10.1. The van der Waals surface area contributed by atoms with Crippen molar-refractivity contribution >= 4 is 17.5 Å². The molecule has 1 aromatic rings. The van der Waals surface area contributed by atoms with Crippen molar-refractivity contribution in [2.45, 2.75) is 31.2 Å². The number of rotatable bonds is 5. The molecule has 4 nitrogen and oxygen atoms in total. The predicted octanol–water partition coefficient (Wildman–Crippen LogP) is 2.11. The Kier molecular flexibility index (Phi) is 5.62. The Morgan fingerprint density at radius 1 is 1.43 bits per heavy atom. The molecule has 2 N–H and O–H groups in total. The molecule has 1 aromatic carbocycles. The van der Waals surface area contributed by atoms with Gasteiger partial charge in [-0.1, -0.05) is 23.7 Å². The molecule has 5 heteroatoms. The predicted molar refractivity (Wildman–Crippen MR) is 84.7 cm³/mol. The van der Waals surface area contributed by atoms with E-state index in [9.17, 15) is 4.79 Å². The lowest BCUT2D eigenvalue weighted by atomic mass is 9.73. The summed E-state index contributed by atoms with van der Waals surface area (Å²) < 4.78 is 5.45. The third kappa shape index (κ3) is 3.76. The minimum atomic E-state index is -0.531. The van der Waals surface area contributed by atoms with Gasteiger partial charge in [-0.3, -0.25) is 4.79 Å². The summed E-state index contributed by atoms with van der Waals surface area (Å²) in [7, 11) is 1.89. The van der Waals surface area contributed by atoms with Crippen molar-refractivity contribution < 1.29 is 9.53 Å². The van der Waals surface area contributed by atoms with Crippen molar-refractivity contribution in [3.8, 4) is 0 Å². The number of benzene rings is 1. The Morgan fingerprint density at radius 3 is 2.76 bits per heavy atom. The van der Waals surface area contributed by atoms with Crippen LogP contribution in [-0.4, -0.2) is 38.8 Å². The first-order valence-corrected chi connectivity index (χ1v) is 7.75. The highest BCUT2D eigenvalue weighted by Crippen LogP contribution is 2.36. The van der Waals surface area contributed by atoms with Gasteiger partial charge in [0.25, 0.3) is 0 Å². The normalized spacial score (nSPS) is 19.0. The van der Waals surface area contributed by atoms with Crippen molar-refractivity contribution in [2.24, 2.45) is 0 Å². The molecule has 1 unspecified atom stereocenters. The molecule has 1 saturated heterocycles. The minimum Gasteiger partial charge on any atom is -0.381 e. The summed E-state index contributed by atoms with van der Waals surface area (Å²) in [5.41, 5.74) is 0.448. The summed E-state index contributed by atoms with van der Waals surface area (Å²) >= 11 is 6.11. The smallest absolute Gasteiger partial charge is 0.230 e. The highest BCUT2D eigenvalue weighted by molar-refractivity contribution is 6.30. The summed E-state index contributed by atoms with van der Waals surface area (Å²) in [6.45, 7) is 3.85. The van der Waals surface area contributed by atoms with Gasteiger partial charge in [0.15, 0.2) is 0 Å². The largest absolute Gasteiger partial charge is 0.381 e. The molecule has 0 spiro atoms. The zero-order valence-electron chi connectivity index (χ0n) is 12.6. The number of likely N-dealkylation sites (N-methyl/N-ethyl adjacent to an activating group) is 1. The second-order valence-electron chi connectivity index (χ2n) is 5.60. The van der Waals surface area contributed by atoms with Gasteiger partial charge in [0.05, 0.1) is 5.41 Å². The molecular formula is C16H23ClN2O2. The van der Waals surface area contributed by atoms with Gasteiger partial charge in [-0.05, 0) is 44.5 Å². The van der Waals surface area contributed by atoms with E-state index < -0.39 is 5.41 Å². The Morgan fingerprint density at radius 2 is 2.14 bits per heavy atom. The maximum Gasteiger partial charge on any atom is 0.230 e. The van der Waals surface area contributed by atoms with Crippen molar-refractivity contribution in [3.63, 3.8) is 0 Å². The van der Waals surface area contributed by atoms with E-state index in [1.54, 1.807) is 0 Å². The summed E-state index contributed by atoms with van der Waals surface area (Å²) in [5, 5.41) is 6.85. The molecule has 2 rings (SSSR count). The van der Waals surface area contributed by atoms with E-state index in [1.807, 2.05) is 38.2 Å². The number of nitrogens with one attached hydrogen (secondary N) is 2. The first-order valence-electron chi connectivity index (χ1n) is 7.38. The number of amides is 1. The van der Waals surface area contributed by atoms with E-state index in [0.717, 1.165) is 5.56 Å². The second kappa shape index (κ2) is 7.25. The Labute approximate surface area is 131 Å². The van der Waals surface area contributed by atoms with E-state index in [2.05, 4.69) is 10.6 Å². The van der Waals surface area contributed by atoms with Gasteiger partial charge in [0, 0.05) is 30.8 Å². The molecule has 1 fully saturated rings. The zero-order valence-corrected chi connectivity index (χ0v) is 13.4. The minimum absolute atomic E-state index is 0.0650. The van der Waals surface area contributed by atoms with E-state index >= 15 is 0 Å². The van der Waals surface area contributed by atoms with Crippen molar-refractivity contribution in [2.75, 3.05) is 26.8 Å². The van der Waals surface area contributed by atoms with Crippen molar-refractivity contribution in [1.82, 2.24) is 10.6 Å². The van der Waals surface area contributed by atoms with Crippen LogP contribution in [-0.2, 0) is 14.9 Å². The summed E-state index contributed by atoms with van der Waals surface area (Å²) in [6, 6.07) is 7.86. The number of hydrogen-bond donors (Lipinski definition) is 2. The summed E-state index contributed by atoms with van der Waals surface area (Å²) in [5.74, 6) is 0.0650. The van der Waals surface area contributed by atoms with Crippen LogP contribution in [0.1, 0.15) is 25.3 Å². The molecule has 116 valence electrons. The molecule has 0 aliphatic carbocycles. The SMILES string of the molecule is CNC(C)CNC(=O)C1(c2cccc(Cl)c2)CCOCC1. The third-order valence-corrected chi connectivity index (χ3v) is 4.45. The molecule has 0 saturated carbocycles. The van der Waals surface area contributed by atoms with Gasteiger partial charge in [0.2, 0.25) is 5.91 Å². The molecule has 1 aliphatic heterocycles. The van der Waals surface area contributed by atoms with Crippen LogP contribution in [0.25, 0.3) is 0 Å².